The smallest absolute Gasteiger partial charge is 0.334 e. The van der Waals surface area contributed by atoms with E-state index in [2.05, 4.69) is 16.0 Å². The van der Waals surface area contributed by atoms with Crippen LogP contribution in [-0.2, 0) is 16.1 Å². The van der Waals surface area contributed by atoms with Crippen molar-refractivity contribution >= 4 is 17.9 Å². The van der Waals surface area contributed by atoms with Gasteiger partial charge in [-0.2, -0.15) is 0 Å². The Labute approximate surface area is 159 Å². The average molecular weight is 379 g/mol. The number of nitrogens with one attached hydrogen (secondary N) is 3. The first-order valence-electron chi connectivity index (χ1n) is 9.04. The summed E-state index contributed by atoms with van der Waals surface area (Å²) in [5, 5.41) is 26.4. The Morgan fingerprint density at radius 1 is 1.07 bits per heavy atom. The van der Waals surface area contributed by atoms with Gasteiger partial charge in [0.15, 0.2) is 6.10 Å². The number of carbonyl (C=O) groups is 3. The second-order valence-corrected chi connectivity index (χ2v) is 6.80. The average Bonchev–Trinajstić information content (AvgIpc) is 2.63. The van der Waals surface area contributed by atoms with Crippen molar-refractivity contribution in [1.29, 1.82) is 0 Å². The fourth-order valence-corrected chi connectivity index (χ4v) is 2.55. The van der Waals surface area contributed by atoms with Crippen LogP contribution in [0.3, 0.4) is 0 Å². The highest BCUT2D eigenvalue weighted by Crippen LogP contribution is 2.07. The fraction of sp³-hybridized carbons (Fsp3) is 0.526. The number of benzene rings is 1. The molecule has 3 amide bonds. The normalized spacial score (nSPS) is 14.1. The largest absolute Gasteiger partial charge is 0.479 e. The molecule has 0 saturated carbocycles. The molecular formula is C19H29N3O5. The van der Waals surface area contributed by atoms with Gasteiger partial charge in [0.25, 0.3) is 0 Å². The number of hydrogen-bond donors (Lipinski definition) is 5. The van der Waals surface area contributed by atoms with Crippen LogP contribution in [0.1, 0.15) is 39.2 Å². The van der Waals surface area contributed by atoms with E-state index < -0.39 is 36.1 Å². The number of urea groups is 1. The van der Waals surface area contributed by atoms with Crippen molar-refractivity contribution in [3.63, 3.8) is 0 Å². The molecule has 0 fully saturated rings. The van der Waals surface area contributed by atoms with Gasteiger partial charge in [0, 0.05) is 6.54 Å². The molecule has 0 aromatic heterocycles. The van der Waals surface area contributed by atoms with E-state index in [0.29, 0.717) is 13.0 Å². The highest BCUT2D eigenvalue weighted by molar-refractivity contribution is 5.87. The number of aliphatic hydroxyl groups is 1. The van der Waals surface area contributed by atoms with Crippen LogP contribution in [-0.4, -0.2) is 46.3 Å². The molecule has 0 bridgehead atoms. The zero-order valence-electron chi connectivity index (χ0n) is 15.9. The monoisotopic (exact) mass is 379 g/mol. The number of aliphatic hydroxyl groups excluding tert-OH is 1. The van der Waals surface area contributed by atoms with Gasteiger partial charge in [0.2, 0.25) is 5.91 Å². The number of carbonyl (C=O) groups excluding carboxylic acids is 2. The van der Waals surface area contributed by atoms with E-state index in [0.717, 1.165) is 5.56 Å². The molecule has 1 aromatic carbocycles. The summed E-state index contributed by atoms with van der Waals surface area (Å²) in [4.78, 5) is 35.6. The van der Waals surface area contributed by atoms with Crippen LogP contribution >= 0.6 is 0 Å². The Balaban J connectivity index is 2.68. The Bertz CT molecular complexity index is 621. The van der Waals surface area contributed by atoms with Crippen LogP contribution in [0.4, 0.5) is 4.79 Å². The maximum Gasteiger partial charge on any atom is 0.334 e. The number of carboxylic acids is 1. The summed E-state index contributed by atoms with van der Waals surface area (Å²) >= 11 is 0. The molecule has 0 aliphatic heterocycles. The summed E-state index contributed by atoms with van der Waals surface area (Å²) in [7, 11) is 0. The lowest BCUT2D eigenvalue weighted by molar-refractivity contribution is -0.148. The number of rotatable bonds is 10. The first-order valence-corrected chi connectivity index (χ1v) is 9.04. The minimum atomic E-state index is -1.70. The predicted molar refractivity (Wildman–Crippen MR) is 101 cm³/mol. The minimum absolute atomic E-state index is 0.125. The Hall–Kier alpha value is -2.61. The van der Waals surface area contributed by atoms with E-state index in [1.807, 2.05) is 44.2 Å². The first-order chi connectivity index (χ1) is 12.7. The van der Waals surface area contributed by atoms with Crippen molar-refractivity contribution in [2.45, 2.75) is 58.3 Å². The molecule has 8 heteroatoms. The van der Waals surface area contributed by atoms with Gasteiger partial charge in [0.1, 0.15) is 6.04 Å². The maximum atomic E-state index is 12.5. The molecular weight excluding hydrogens is 350 g/mol. The first kappa shape index (κ1) is 22.4. The van der Waals surface area contributed by atoms with E-state index in [9.17, 15) is 19.5 Å². The van der Waals surface area contributed by atoms with Crippen molar-refractivity contribution in [1.82, 2.24) is 16.0 Å². The van der Waals surface area contributed by atoms with Crippen LogP contribution in [0.15, 0.2) is 30.3 Å². The third kappa shape index (κ3) is 8.08. The maximum absolute atomic E-state index is 12.5. The highest BCUT2D eigenvalue weighted by Gasteiger charge is 2.29. The molecule has 2 unspecified atom stereocenters. The van der Waals surface area contributed by atoms with E-state index in [1.54, 1.807) is 6.92 Å². The topological polar surface area (TPSA) is 128 Å². The second-order valence-electron chi connectivity index (χ2n) is 6.80. The lowest BCUT2D eigenvalue weighted by Gasteiger charge is -2.25. The lowest BCUT2D eigenvalue weighted by Crippen LogP contribution is -2.55. The van der Waals surface area contributed by atoms with Crippen LogP contribution in [0.25, 0.3) is 0 Å². The van der Waals surface area contributed by atoms with E-state index in [4.69, 9.17) is 5.11 Å². The van der Waals surface area contributed by atoms with Gasteiger partial charge in [-0.15, -0.1) is 0 Å². The molecule has 0 saturated heterocycles. The Kier molecular flexibility index (Phi) is 9.29. The number of carboxylic acid groups (broad SMARTS) is 1. The van der Waals surface area contributed by atoms with Crippen molar-refractivity contribution in [3.8, 4) is 0 Å². The molecule has 0 aliphatic rings. The number of amides is 3. The molecule has 0 spiro atoms. The molecule has 1 rings (SSSR count). The summed E-state index contributed by atoms with van der Waals surface area (Å²) in [5.41, 5.74) is 0.924. The van der Waals surface area contributed by atoms with Crippen LogP contribution in [0.5, 0.6) is 0 Å². The molecule has 0 heterocycles. The molecule has 3 atom stereocenters. The third-order valence-corrected chi connectivity index (χ3v) is 4.03. The zero-order valence-corrected chi connectivity index (χ0v) is 15.9. The Morgan fingerprint density at radius 2 is 1.70 bits per heavy atom. The van der Waals surface area contributed by atoms with Gasteiger partial charge in [-0.05, 0) is 24.3 Å². The molecule has 0 radical (unpaired) electrons. The molecule has 1 aromatic rings. The van der Waals surface area contributed by atoms with E-state index in [1.165, 1.54) is 0 Å². The third-order valence-electron chi connectivity index (χ3n) is 4.03. The van der Waals surface area contributed by atoms with Gasteiger partial charge in [-0.25, -0.2) is 9.59 Å². The van der Waals surface area contributed by atoms with Gasteiger partial charge in [0.05, 0.1) is 6.04 Å². The number of hydrogen-bond acceptors (Lipinski definition) is 4. The van der Waals surface area contributed by atoms with Crippen molar-refractivity contribution in [3.05, 3.63) is 35.9 Å². The summed E-state index contributed by atoms with van der Waals surface area (Å²) in [6.45, 7) is 5.80. The van der Waals surface area contributed by atoms with Gasteiger partial charge >= 0.3 is 12.0 Å². The summed E-state index contributed by atoms with van der Waals surface area (Å²) in [6.07, 6.45) is -1.08. The standard InChI is InChI=1S/C19H29N3O5/c1-4-14(16(23)18(25)26)21-17(24)15(10-12(2)3)22-19(27)20-11-13-8-6-5-7-9-13/h5-9,12,14-16,23H,4,10-11H2,1-3H3,(H,21,24)(H,25,26)(H2,20,22,27)/t14?,15-,16?/m0/s1. The van der Waals surface area contributed by atoms with Gasteiger partial charge in [-0.3, -0.25) is 4.79 Å². The Morgan fingerprint density at radius 3 is 2.22 bits per heavy atom. The molecule has 27 heavy (non-hydrogen) atoms. The molecule has 150 valence electrons. The van der Waals surface area contributed by atoms with Crippen LogP contribution in [0, 0.1) is 5.92 Å². The highest BCUT2D eigenvalue weighted by atomic mass is 16.4. The van der Waals surface area contributed by atoms with Crippen LogP contribution < -0.4 is 16.0 Å². The van der Waals surface area contributed by atoms with Crippen molar-refractivity contribution in [2.75, 3.05) is 0 Å². The van der Waals surface area contributed by atoms with Crippen molar-refractivity contribution < 1.29 is 24.6 Å². The lowest BCUT2D eigenvalue weighted by atomic mass is 10.0. The quantitative estimate of drug-likeness (QED) is 0.418. The van der Waals surface area contributed by atoms with Gasteiger partial charge < -0.3 is 26.2 Å². The summed E-state index contributed by atoms with van der Waals surface area (Å²) in [6, 6.07) is 7.09. The SMILES string of the molecule is CCC(NC(=O)[C@H](CC(C)C)NC(=O)NCc1ccccc1)C(O)C(=O)O. The molecule has 5 N–H and O–H groups in total. The molecule has 8 nitrogen and oxygen atoms in total. The zero-order chi connectivity index (χ0) is 20.4. The van der Waals surface area contributed by atoms with E-state index in [-0.39, 0.29) is 12.3 Å². The second kappa shape index (κ2) is 11.2. The predicted octanol–water partition coefficient (Wildman–Crippen LogP) is 1.24. The van der Waals surface area contributed by atoms with Crippen LogP contribution in [0.2, 0.25) is 0 Å². The summed E-state index contributed by atoms with van der Waals surface area (Å²) < 4.78 is 0. The minimum Gasteiger partial charge on any atom is -0.479 e. The number of aliphatic carboxylic acids is 1. The molecule has 0 aliphatic carbocycles. The fourth-order valence-electron chi connectivity index (χ4n) is 2.55. The van der Waals surface area contributed by atoms with Crippen molar-refractivity contribution in [2.24, 2.45) is 5.92 Å². The van der Waals surface area contributed by atoms with E-state index >= 15 is 0 Å². The summed E-state index contributed by atoms with van der Waals surface area (Å²) in [5.74, 6) is -1.80. The van der Waals surface area contributed by atoms with Gasteiger partial charge in [-0.1, -0.05) is 51.1 Å².